The van der Waals surface area contributed by atoms with Crippen molar-refractivity contribution in [3.05, 3.63) is 29.8 Å². The van der Waals surface area contributed by atoms with Crippen molar-refractivity contribution in [3.63, 3.8) is 0 Å². The Morgan fingerprint density at radius 3 is 2.43 bits per heavy atom. The predicted octanol–water partition coefficient (Wildman–Crippen LogP) is 2.83. The number of ether oxygens (including phenoxy) is 1. The lowest BCUT2D eigenvalue weighted by Crippen LogP contribution is -2.12. The van der Waals surface area contributed by atoms with Crippen molar-refractivity contribution < 1.29 is 4.74 Å². The first-order valence-corrected chi connectivity index (χ1v) is 5.21. The van der Waals surface area contributed by atoms with Gasteiger partial charge in [0.1, 0.15) is 5.75 Å². The van der Waals surface area contributed by atoms with E-state index in [4.69, 9.17) is 4.74 Å². The summed E-state index contributed by atoms with van der Waals surface area (Å²) >= 11 is 0. The maximum atomic E-state index is 5.20. The molecule has 1 N–H and O–H groups in total. The van der Waals surface area contributed by atoms with Gasteiger partial charge in [-0.1, -0.05) is 39.0 Å². The summed E-state index contributed by atoms with van der Waals surface area (Å²) in [5.41, 5.74) is 1.21. The molecule has 2 nitrogen and oxygen atoms in total. The van der Waals surface area contributed by atoms with Gasteiger partial charge in [-0.3, -0.25) is 0 Å². The van der Waals surface area contributed by atoms with Gasteiger partial charge in [-0.15, -0.1) is 0 Å². The van der Waals surface area contributed by atoms with Gasteiger partial charge in [-0.2, -0.15) is 0 Å². The molecular formula is C12H21NO. The van der Waals surface area contributed by atoms with Crippen molar-refractivity contribution in [2.75, 3.05) is 13.7 Å². The molecule has 2 heteroatoms. The van der Waals surface area contributed by atoms with Crippen LogP contribution in [0.25, 0.3) is 0 Å². The molecule has 0 bridgehead atoms. The molecule has 0 atom stereocenters. The summed E-state index contributed by atoms with van der Waals surface area (Å²) < 4.78 is 5.20. The first-order chi connectivity index (χ1) is 6.88. The highest BCUT2D eigenvalue weighted by Gasteiger charge is 1.98. The van der Waals surface area contributed by atoms with Crippen LogP contribution in [0.15, 0.2) is 24.3 Å². The van der Waals surface area contributed by atoms with Crippen LogP contribution in [0, 0.1) is 0 Å². The van der Waals surface area contributed by atoms with Crippen LogP contribution in [-0.4, -0.2) is 13.7 Å². The van der Waals surface area contributed by atoms with E-state index in [1.54, 1.807) is 7.11 Å². The number of hydrogen-bond acceptors (Lipinski definition) is 2. The Balaban J connectivity index is 0.000000791. The molecule has 0 aliphatic rings. The summed E-state index contributed by atoms with van der Waals surface area (Å²) in [4.78, 5) is 0. The number of methoxy groups -OCH3 is 1. The van der Waals surface area contributed by atoms with Gasteiger partial charge in [0.25, 0.3) is 0 Å². The Hall–Kier alpha value is -1.02. The molecule has 0 aromatic heterocycles. The van der Waals surface area contributed by atoms with Crippen molar-refractivity contribution in [1.29, 1.82) is 0 Å². The van der Waals surface area contributed by atoms with Gasteiger partial charge in [0, 0.05) is 12.1 Å². The number of benzene rings is 1. The molecular weight excluding hydrogens is 174 g/mol. The molecule has 0 amide bonds. The lowest BCUT2D eigenvalue weighted by Gasteiger charge is -2.07. The lowest BCUT2D eigenvalue weighted by atomic mass is 10.2. The highest BCUT2D eigenvalue weighted by Crippen LogP contribution is 2.16. The maximum Gasteiger partial charge on any atom is 0.123 e. The van der Waals surface area contributed by atoms with Crippen LogP contribution in [0.4, 0.5) is 0 Å². The minimum Gasteiger partial charge on any atom is -0.496 e. The second kappa shape index (κ2) is 8.57. The molecule has 0 aliphatic carbocycles. The van der Waals surface area contributed by atoms with E-state index >= 15 is 0 Å². The molecule has 0 radical (unpaired) electrons. The molecule has 0 spiro atoms. The molecule has 1 aromatic rings. The first-order valence-electron chi connectivity index (χ1n) is 5.21. The standard InChI is InChI=1S/C10H15NO.C2H6/c1-3-11-8-9-6-4-5-7-10(9)12-2;1-2/h4-7,11H,3,8H2,1-2H3;1-2H3. The third-order valence-electron chi connectivity index (χ3n) is 1.76. The average Bonchev–Trinajstić information content (AvgIpc) is 2.29. The van der Waals surface area contributed by atoms with Gasteiger partial charge in [0.15, 0.2) is 0 Å². The average molecular weight is 195 g/mol. The number of para-hydroxylation sites is 1. The molecule has 0 heterocycles. The fraction of sp³-hybridized carbons (Fsp3) is 0.500. The highest BCUT2D eigenvalue weighted by atomic mass is 16.5. The fourth-order valence-corrected chi connectivity index (χ4v) is 1.11. The third kappa shape index (κ3) is 4.28. The molecule has 0 aliphatic heterocycles. The fourth-order valence-electron chi connectivity index (χ4n) is 1.11. The minimum atomic E-state index is 0.876. The number of rotatable bonds is 4. The SMILES string of the molecule is CC.CCNCc1ccccc1OC. The molecule has 14 heavy (non-hydrogen) atoms. The van der Waals surface area contributed by atoms with Gasteiger partial charge in [0.05, 0.1) is 7.11 Å². The van der Waals surface area contributed by atoms with Gasteiger partial charge >= 0.3 is 0 Å². The largest absolute Gasteiger partial charge is 0.496 e. The topological polar surface area (TPSA) is 21.3 Å². The molecule has 0 unspecified atom stereocenters. The van der Waals surface area contributed by atoms with E-state index in [9.17, 15) is 0 Å². The molecule has 0 saturated heterocycles. The smallest absolute Gasteiger partial charge is 0.123 e. The van der Waals surface area contributed by atoms with Crippen LogP contribution in [0.5, 0.6) is 5.75 Å². The minimum absolute atomic E-state index is 0.876. The van der Waals surface area contributed by atoms with Gasteiger partial charge in [0.2, 0.25) is 0 Å². The van der Waals surface area contributed by atoms with E-state index in [-0.39, 0.29) is 0 Å². The van der Waals surface area contributed by atoms with Gasteiger partial charge < -0.3 is 10.1 Å². The second-order valence-corrected chi connectivity index (χ2v) is 2.59. The zero-order valence-electron chi connectivity index (χ0n) is 9.63. The zero-order chi connectivity index (χ0) is 10.8. The Kier molecular flexibility index (Phi) is 7.95. The van der Waals surface area contributed by atoms with Crippen LogP contribution in [-0.2, 0) is 6.54 Å². The zero-order valence-corrected chi connectivity index (χ0v) is 9.63. The van der Waals surface area contributed by atoms with E-state index < -0.39 is 0 Å². The van der Waals surface area contributed by atoms with Crippen molar-refractivity contribution >= 4 is 0 Å². The van der Waals surface area contributed by atoms with Gasteiger partial charge in [-0.05, 0) is 12.6 Å². The van der Waals surface area contributed by atoms with Crippen LogP contribution in [0.1, 0.15) is 26.3 Å². The first kappa shape index (κ1) is 13.0. The van der Waals surface area contributed by atoms with Crippen LogP contribution < -0.4 is 10.1 Å². The Morgan fingerprint density at radius 1 is 1.21 bits per heavy atom. The Labute approximate surface area is 87.3 Å². The van der Waals surface area contributed by atoms with Crippen LogP contribution in [0.2, 0.25) is 0 Å². The van der Waals surface area contributed by atoms with Crippen molar-refractivity contribution in [1.82, 2.24) is 5.32 Å². The molecule has 1 aromatic carbocycles. The number of hydrogen-bond donors (Lipinski definition) is 1. The maximum absolute atomic E-state index is 5.20. The van der Waals surface area contributed by atoms with Gasteiger partial charge in [-0.25, -0.2) is 0 Å². The van der Waals surface area contributed by atoms with E-state index in [0.717, 1.165) is 18.8 Å². The highest BCUT2D eigenvalue weighted by molar-refractivity contribution is 5.32. The van der Waals surface area contributed by atoms with Crippen LogP contribution in [0.3, 0.4) is 0 Å². The summed E-state index contributed by atoms with van der Waals surface area (Å²) in [7, 11) is 1.70. The number of nitrogens with one attached hydrogen (secondary N) is 1. The summed E-state index contributed by atoms with van der Waals surface area (Å²) in [6.07, 6.45) is 0. The normalized spacial score (nSPS) is 8.86. The third-order valence-corrected chi connectivity index (χ3v) is 1.76. The lowest BCUT2D eigenvalue weighted by molar-refractivity contribution is 0.408. The Morgan fingerprint density at radius 2 is 1.86 bits per heavy atom. The second-order valence-electron chi connectivity index (χ2n) is 2.59. The van der Waals surface area contributed by atoms with Crippen molar-refractivity contribution in [2.45, 2.75) is 27.3 Å². The summed E-state index contributed by atoms with van der Waals surface area (Å²) in [5.74, 6) is 0.957. The summed E-state index contributed by atoms with van der Waals surface area (Å²) in [6.45, 7) is 7.95. The molecule has 0 saturated carbocycles. The van der Waals surface area contributed by atoms with E-state index in [1.807, 2.05) is 32.0 Å². The summed E-state index contributed by atoms with van der Waals surface area (Å²) in [6, 6.07) is 8.05. The predicted molar refractivity (Wildman–Crippen MR) is 61.7 cm³/mol. The van der Waals surface area contributed by atoms with Crippen LogP contribution >= 0.6 is 0 Å². The molecule has 1 rings (SSSR count). The Bertz CT molecular complexity index is 236. The quantitative estimate of drug-likeness (QED) is 0.797. The van der Waals surface area contributed by atoms with Crippen molar-refractivity contribution in [3.8, 4) is 5.75 Å². The molecule has 80 valence electrons. The monoisotopic (exact) mass is 195 g/mol. The van der Waals surface area contributed by atoms with Crippen molar-refractivity contribution in [2.24, 2.45) is 0 Å². The van der Waals surface area contributed by atoms with E-state index in [2.05, 4.69) is 18.3 Å². The summed E-state index contributed by atoms with van der Waals surface area (Å²) in [5, 5.41) is 3.26. The van der Waals surface area contributed by atoms with E-state index in [0.29, 0.717) is 0 Å². The molecule has 0 fully saturated rings. The van der Waals surface area contributed by atoms with E-state index in [1.165, 1.54) is 5.56 Å².